The van der Waals surface area contributed by atoms with Gasteiger partial charge in [0.25, 0.3) is 0 Å². The van der Waals surface area contributed by atoms with Crippen molar-refractivity contribution in [3.63, 3.8) is 0 Å². The minimum Gasteiger partial charge on any atom is -0.399 e. The van der Waals surface area contributed by atoms with Gasteiger partial charge in [-0.3, -0.25) is 0 Å². The van der Waals surface area contributed by atoms with E-state index in [2.05, 4.69) is 145 Å². The number of anilines is 1. The molecule has 256 valence electrons. The molecule has 4 N–H and O–H groups in total. The van der Waals surface area contributed by atoms with Crippen molar-refractivity contribution in [2.75, 3.05) is 12.8 Å². The largest absolute Gasteiger partial charge is 0.399 e. The molecule has 3 nitrogen and oxygen atoms in total. The Hall–Kier alpha value is -5.60. The predicted octanol–water partition coefficient (Wildman–Crippen LogP) is 11.8. The smallest absolute Gasteiger partial charge is 0.0588 e. The van der Waals surface area contributed by atoms with Gasteiger partial charge in [0.15, 0.2) is 0 Å². The molecule has 3 aliphatic rings. The number of fused-ring (bicyclic) bond motifs is 6. The number of hydrogen-bond donors (Lipinski definition) is 2. The van der Waals surface area contributed by atoms with Crippen molar-refractivity contribution < 1.29 is 0 Å². The Bertz CT molecular complexity index is 2320. The summed E-state index contributed by atoms with van der Waals surface area (Å²) in [6, 6.07) is 43.0. The molecule has 3 aliphatic carbocycles. The third-order valence-corrected chi connectivity index (χ3v) is 9.95. The second kappa shape index (κ2) is 15.5. The van der Waals surface area contributed by atoms with Gasteiger partial charge >= 0.3 is 0 Å². The molecule has 0 amide bonds. The molecule has 3 heteroatoms. The fraction of sp³-hybridized carbons (Fsp3) is 0.188. The van der Waals surface area contributed by atoms with E-state index in [1.54, 1.807) is 0 Å². The Morgan fingerprint density at radius 2 is 1.41 bits per heavy atom. The summed E-state index contributed by atoms with van der Waals surface area (Å²) in [4.78, 5) is 0. The first-order valence-corrected chi connectivity index (χ1v) is 18.1. The van der Waals surface area contributed by atoms with Crippen LogP contribution in [0.15, 0.2) is 163 Å². The van der Waals surface area contributed by atoms with Crippen LogP contribution in [0.3, 0.4) is 0 Å². The van der Waals surface area contributed by atoms with E-state index in [9.17, 15) is 0 Å². The van der Waals surface area contributed by atoms with Crippen molar-refractivity contribution in [2.24, 2.45) is 5.73 Å². The van der Waals surface area contributed by atoms with Crippen LogP contribution in [0.5, 0.6) is 0 Å². The summed E-state index contributed by atoms with van der Waals surface area (Å²) in [6.45, 7) is 8.74. The minimum atomic E-state index is -0.0797. The molecule has 51 heavy (non-hydrogen) atoms. The zero-order valence-corrected chi connectivity index (χ0v) is 30.6. The number of aromatic nitrogens is 1. The van der Waals surface area contributed by atoms with Crippen LogP contribution in [-0.4, -0.2) is 11.6 Å². The van der Waals surface area contributed by atoms with Crippen molar-refractivity contribution >= 4 is 38.6 Å². The zero-order chi connectivity index (χ0) is 36.0. The lowest BCUT2D eigenvalue weighted by Crippen LogP contribution is -2.17. The first-order valence-electron chi connectivity index (χ1n) is 18.1. The summed E-state index contributed by atoms with van der Waals surface area (Å²) in [5.41, 5.74) is 28.9. The van der Waals surface area contributed by atoms with Crippen LogP contribution in [0.25, 0.3) is 38.6 Å². The third-order valence-electron chi connectivity index (χ3n) is 9.95. The van der Waals surface area contributed by atoms with Crippen LogP contribution >= 0.6 is 0 Å². The van der Waals surface area contributed by atoms with Crippen LogP contribution < -0.4 is 11.5 Å². The molecular formula is C48H49N3. The lowest BCUT2D eigenvalue weighted by atomic mass is 9.80. The van der Waals surface area contributed by atoms with E-state index in [0.717, 1.165) is 24.9 Å². The first kappa shape index (κ1) is 35.2. The molecule has 5 aromatic carbocycles. The number of para-hydroxylation sites is 2. The van der Waals surface area contributed by atoms with E-state index < -0.39 is 0 Å². The molecule has 0 aliphatic heterocycles. The minimum absolute atomic E-state index is 0.0797. The maximum absolute atomic E-state index is 5.36. The Kier molecular flexibility index (Phi) is 10.7. The Morgan fingerprint density at radius 3 is 2.10 bits per heavy atom. The summed E-state index contributed by atoms with van der Waals surface area (Å²) in [6.07, 6.45) is 12.2. The summed E-state index contributed by atoms with van der Waals surface area (Å²) >= 11 is 0. The van der Waals surface area contributed by atoms with Crippen LogP contribution in [0.2, 0.25) is 0 Å². The fourth-order valence-corrected chi connectivity index (χ4v) is 7.66. The van der Waals surface area contributed by atoms with Gasteiger partial charge in [0.05, 0.1) is 11.0 Å². The summed E-state index contributed by atoms with van der Waals surface area (Å²) < 4.78 is 2.52. The number of nitrogen functional groups attached to an aromatic ring is 1. The van der Waals surface area contributed by atoms with E-state index >= 15 is 0 Å². The van der Waals surface area contributed by atoms with Gasteiger partial charge in [0, 0.05) is 27.6 Å². The van der Waals surface area contributed by atoms with Crippen molar-refractivity contribution in [1.82, 2.24) is 4.57 Å². The molecular weight excluding hydrogens is 619 g/mol. The molecule has 9 rings (SSSR count). The maximum atomic E-state index is 5.36. The maximum Gasteiger partial charge on any atom is 0.0588 e. The number of nitrogens with zero attached hydrogens (tertiary/aromatic N) is 1. The molecule has 0 bridgehead atoms. The topological polar surface area (TPSA) is 57.0 Å². The Morgan fingerprint density at radius 1 is 0.706 bits per heavy atom. The van der Waals surface area contributed by atoms with E-state index in [1.807, 2.05) is 44.2 Å². The molecule has 6 aromatic rings. The number of nitrogens with two attached hydrogens (primary N) is 2. The SMILES string of the molecule is CC.CC1(C)C2=C(C=C=C2)c2ccc3c4ccccc4n(-c4cccc(CC5=CC=C(c6ccccc6)CC5)c4)c3c21.CN.Nc1ccccc1. The van der Waals surface area contributed by atoms with Gasteiger partial charge in [0.2, 0.25) is 0 Å². The fourth-order valence-electron chi connectivity index (χ4n) is 7.66. The van der Waals surface area contributed by atoms with Gasteiger partial charge in [-0.05, 0) is 108 Å². The van der Waals surface area contributed by atoms with Crippen molar-refractivity contribution in [3.8, 4) is 5.69 Å². The number of rotatable bonds is 4. The van der Waals surface area contributed by atoms with Gasteiger partial charge < -0.3 is 16.0 Å². The van der Waals surface area contributed by atoms with Gasteiger partial charge in [-0.25, -0.2) is 0 Å². The van der Waals surface area contributed by atoms with E-state index in [4.69, 9.17) is 5.73 Å². The van der Waals surface area contributed by atoms with Crippen molar-refractivity contribution in [2.45, 2.75) is 52.4 Å². The van der Waals surface area contributed by atoms with Crippen molar-refractivity contribution in [3.05, 3.63) is 185 Å². The Balaban J connectivity index is 0.000000358. The predicted molar refractivity (Wildman–Crippen MR) is 221 cm³/mol. The lowest BCUT2D eigenvalue weighted by molar-refractivity contribution is 0.658. The highest BCUT2D eigenvalue weighted by Crippen LogP contribution is 2.52. The number of hydrogen-bond acceptors (Lipinski definition) is 2. The van der Waals surface area contributed by atoms with Gasteiger partial charge in [-0.15, -0.1) is 5.73 Å². The van der Waals surface area contributed by atoms with Crippen LogP contribution in [-0.2, 0) is 11.8 Å². The van der Waals surface area contributed by atoms with E-state index in [1.165, 1.54) is 79.1 Å². The molecule has 0 radical (unpaired) electrons. The summed E-state index contributed by atoms with van der Waals surface area (Å²) in [5.74, 6) is 0. The van der Waals surface area contributed by atoms with Crippen LogP contribution in [0, 0.1) is 0 Å². The average molecular weight is 668 g/mol. The zero-order valence-electron chi connectivity index (χ0n) is 30.6. The molecule has 0 saturated heterocycles. The van der Waals surface area contributed by atoms with E-state index in [0.29, 0.717) is 0 Å². The highest BCUT2D eigenvalue weighted by Gasteiger charge is 2.39. The summed E-state index contributed by atoms with van der Waals surface area (Å²) in [7, 11) is 1.50. The molecule has 1 heterocycles. The van der Waals surface area contributed by atoms with Crippen molar-refractivity contribution in [1.29, 1.82) is 0 Å². The van der Waals surface area contributed by atoms with E-state index in [-0.39, 0.29) is 5.41 Å². The molecule has 0 spiro atoms. The summed E-state index contributed by atoms with van der Waals surface area (Å²) in [5, 5.41) is 2.64. The van der Waals surface area contributed by atoms with Gasteiger partial charge in [0.1, 0.15) is 0 Å². The number of allylic oxidation sites excluding steroid dienone is 7. The second-order valence-corrected chi connectivity index (χ2v) is 13.3. The highest BCUT2D eigenvalue weighted by atomic mass is 15.0. The normalized spacial score (nSPS) is 14.7. The molecule has 1 aromatic heterocycles. The van der Waals surface area contributed by atoms with Crippen LogP contribution in [0.1, 0.15) is 62.8 Å². The molecule has 0 fully saturated rings. The molecule has 0 unspecified atom stereocenters. The standard InChI is InChI=1S/C39H31N.C6H7N.C2H6.CH5N/c1-39(2)35-16-9-15-31(35)33-22-23-34-32-14-6-7-17-36(32)40(38(34)37(33)39)30-13-8-10-27(25-30)24-26-18-20-29(21-19-26)28-11-4-3-5-12-28;7-6-4-2-1-3-5-6;2*1-2/h3-8,10-18,20,22-23,25H,19,21,24H2,1-2H3;1-5H,7H2;1-2H3;2H2,1H3. The number of benzene rings is 5. The Labute approximate surface area is 303 Å². The highest BCUT2D eigenvalue weighted by molar-refractivity contribution is 6.13. The monoisotopic (exact) mass is 667 g/mol. The quantitative estimate of drug-likeness (QED) is 0.145. The molecule has 0 saturated carbocycles. The first-order chi connectivity index (χ1) is 25.0. The third kappa shape index (κ3) is 6.79. The second-order valence-electron chi connectivity index (χ2n) is 13.3. The molecule has 0 atom stereocenters. The van der Waals surface area contributed by atoms with Gasteiger partial charge in [-0.1, -0.05) is 136 Å². The van der Waals surface area contributed by atoms with Gasteiger partial charge in [-0.2, -0.15) is 0 Å². The van der Waals surface area contributed by atoms with Crippen LogP contribution in [0.4, 0.5) is 5.69 Å². The lowest BCUT2D eigenvalue weighted by Gasteiger charge is -2.24. The average Bonchev–Trinajstić information content (AvgIpc) is 3.87.